The minimum Gasteiger partial charge on any atom is -0.504 e. The van der Waals surface area contributed by atoms with E-state index in [4.69, 9.17) is 14.2 Å². The number of phenolic OH excluding ortho intramolecular Hbond substituents is 2. The third kappa shape index (κ3) is 3.65. The number of nitrogens with zero attached hydrogens (tertiary/aromatic N) is 1. The molecule has 2 N–H and O–H groups in total. The minimum absolute atomic E-state index is 0.0663. The highest BCUT2D eigenvalue weighted by Gasteiger charge is 2.25. The van der Waals surface area contributed by atoms with Crippen LogP contribution in [0.3, 0.4) is 0 Å². The summed E-state index contributed by atoms with van der Waals surface area (Å²) in [6.07, 6.45) is 2.40. The van der Waals surface area contributed by atoms with Gasteiger partial charge in [0.05, 0.1) is 21.3 Å². The standard InChI is InChI=1S/C21H25NO5/c1-22-8-7-14-11-19(25-2)17(23)12-15(14)16(22)6-5-13-9-18(24)21(27-4)20(10-13)26-3/h9-12H,5-8H2,1-4H3,(H-,23,24)/p+1/i6+2. The summed E-state index contributed by atoms with van der Waals surface area (Å²) in [5.74, 6) is 1.57. The van der Waals surface area contributed by atoms with Crippen molar-refractivity contribution in [2.24, 2.45) is 0 Å². The summed E-state index contributed by atoms with van der Waals surface area (Å²) in [6, 6.07) is 7.29. The van der Waals surface area contributed by atoms with Gasteiger partial charge in [0.1, 0.15) is 13.6 Å². The van der Waals surface area contributed by atoms with Gasteiger partial charge < -0.3 is 24.4 Å². The highest BCUT2D eigenvalue weighted by atomic mass is 16.5. The van der Waals surface area contributed by atoms with Gasteiger partial charge >= 0.3 is 0 Å². The van der Waals surface area contributed by atoms with Crippen molar-refractivity contribution in [3.05, 3.63) is 41.0 Å². The Balaban J connectivity index is 1.89. The zero-order chi connectivity index (χ0) is 19.6. The number of ether oxygens (including phenoxy) is 3. The van der Waals surface area contributed by atoms with Crippen LogP contribution in [0.1, 0.15) is 23.1 Å². The van der Waals surface area contributed by atoms with Crippen LogP contribution in [0.15, 0.2) is 24.3 Å². The Morgan fingerprint density at radius 2 is 1.70 bits per heavy atom. The van der Waals surface area contributed by atoms with Gasteiger partial charge in [-0.25, -0.2) is 4.58 Å². The molecule has 144 valence electrons. The van der Waals surface area contributed by atoms with Gasteiger partial charge in [-0.3, -0.25) is 0 Å². The molecule has 0 saturated heterocycles. The summed E-state index contributed by atoms with van der Waals surface area (Å²) in [6.45, 7) is 0.910. The molecule has 0 amide bonds. The van der Waals surface area contributed by atoms with Gasteiger partial charge in [-0.2, -0.15) is 0 Å². The minimum atomic E-state index is 0.0663. The zero-order valence-electron chi connectivity index (χ0n) is 16.2. The summed E-state index contributed by atoms with van der Waals surface area (Å²) in [4.78, 5) is 0. The Morgan fingerprint density at radius 1 is 0.963 bits per heavy atom. The monoisotopic (exact) mass is 374 g/mol. The van der Waals surface area contributed by atoms with Crippen molar-refractivity contribution in [2.45, 2.75) is 19.3 Å². The number of likely N-dealkylation sites (N-methyl/N-ethyl adjacent to an activating group) is 1. The van der Waals surface area contributed by atoms with Crippen molar-refractivity contribution in [3.63, 3.8) is 0 Å². The average Bonchev–Trinajstić information content (AvgIpc) is 2.66. The molecule has 0 spiro atoms. The first kappa shape index (κ1) is 18.9. The third-order valence-electron chi connectivity index (χ3n) is 5.06. The van der Waals surface area contributed by atoms with Gasteiger partial charge in [-0.05, 0) is 41.8 Å². The lowest BCUT2D eigenvalue weighted by atomic mass is 9.99. The molecule has 0 unspecified atom stereocenters. The van der Waals surface area contributed by atoms with E-state index in [1.165, 1.54) is 12.7 Å². The van der Waals surface area contributed by atoms with Crippen LogP contribution < -0.4 is 14.2 Å². The van der Waals surface area contributed by atoms with Gasteiger partial charge in [-0.1, -0.05) is 0 Å². The number of phenols is 2. The van der Waals surface area contributed by atoms with E-state index in [1.54, 1.807) is 26.4 Å². The molecule has 1 heterocycles. The van der Waals surface area contributed by atoms with E-state index >= 15 is 0 Å². The summed E-state index contributed by atoms with van der Waals surface area (Å²) in [7, 11) is 6.68. The predicted molar refractivity (Wildman–Crippen MR) is 103 cm³/mol. The van der Waals surface area contributed by atoms with Gasteiger partial charge in [0, 0.05) is 18.4 Å². The second kappa shape index (κ2) is 7.78. The molecule has 27 heavy (non-hydrogen) atoms. The molecule has 1 aliphatic rings. The van der Waals surface area contributed by atoms with Crippen molar-refractivity contribution in [1.29, 1.82) is 0 Å². The van der Waals surface area contributed by atoms with Crippen molar-refractivity contribution in [1.82, 2.24) is 0 Å². The number of aryl methyl sites for hydroxylation is 1. The number of hydrogen-bond acceptors (Lipinski definition) is 5. The van der Waals surface area contributed by atoms with Crippen LogP contribution in [0.2, 0.25) is 0 Å². The molecule has 0 aliphatic carbocycles. The zero-order valence-corrected chi connectivity index (χ0v) is 16.2. The molecule has 6 nitrogen and oxygen atoms in total. The topological polar surface area (TPSA) is 71.2 Å². The highest BCUT2D eigenvalue weighted by Crippen LogP contribution is 2.38. The lowest BCUT2D eigenvalue weighted by molar-refractivity contribution is -0.499. The average molecular weight is 374 g/mol. The molecular weight excluding hydrogens is 348 g/mol. The van der Waals surface area contributed by atoms with Crippen LogP contribution in [0.4, 0.5) is 0 Å². The Labute approximate surface area is 159 Å². The molecule has 0 bridgehead atoms. The largest absolute Gasteiger partial charge is 0.504 e. The maximum absolute atomic E-state index is 10.2. The summed E-state index contributed by atoms with van der Waals surface area (Å²) < 4.78 is 18.0. The molecule has 0 saturated carbocycles. The van der Waals surface area contributed by atoms with Crippen molar-refractivity contribution in [2.75, 3.05) is 34.9 Å². The lowest BCUT2D eigenvalue weighted by Gasteiger charge is -2.18. The molecule has 0 radical (unpaired) electrons. The number of fused-ring (bicyclic) bond motifs is 1. The maximum atomic E-state index is 10.2. The molecule has 0 fully saturated rings. The maximum Gasteiger partial charge on any atom is 0.203 e. The van der Waals surface area contributed by atoms with E-state index in [0.717, 1.165) is 42.6 Å². The molecule has 0 aromatic heterocycles. The fourth-order valence-electron chi connectivity index (χ4n) is 3.61. The van der Waals surface area contributed by atoms with Crippen LogP contribution in [0.5, 0.6) is 28.7 Å². The van der Waals surface area contributed by atoms with Crippen LogP contribution >= 0.6 is 0 Å². The van der Waals surface area contributed by atoms with Gasteiger partial charge in [0.15, 0.2) is 28.7 Å². The molecule has 3 rings (SSSR count). The lowest BCUT2D eigenvalue weighted by Crippen LogP contribution is -2.27. The summed E-state index contributed by atoms with van der Waals surface area (Å²) in [5.41, 5.74) is 4.33. The second-order valence-electron chi connectivity index (χ2n) is 6.65. The first-order valence-electron chi connectivity index (χ1n) is 8.89. The van der Waals surface area contributed by atoms with Crippen molar-refractivity contribution < 1.29 is 29.0 Å². The molecule has 6 heteroatoms. The molecule has 1 aliphatic heterocycles. The van der Waals surface area contributed by atoms with Crippen LogP contribution in [0.25, 0.3) is 0 Å². The van der Waals surface area contributed by atoms with E-state index in [0.29, 0.717) is 17.2 Å². The number of rotatable bonds is 6. The predicted octanol–water partition coefficient (Wildman–Crippen LogP) is 2.74. The molecule has 0 atom stereocenters. The normalized spacial score (nSPS) is 13.3. The Hall–Kier alpha value is -2.89. The fraction of sp³-hybridized carbons (Fsp3) is 0.381. The van der Waals surface area contributed by atoms with Crippen LogP contribution in [0, 0.1) is 0 Å². The number of hydrogen-bond donors (Lipinski definition) is 2. The van der Waals surface area contributed by atoms with Crippen LogP contribution in [-0.4, -0.2) is 55.4 Å². The summed E-state index contributed by atoms with van der Waals surface area (Å²) >= 11 is 0. The van der Waals surface area contributed by atoms with E-state index < -0.39 is 0 Å². The van der Waals surface area contributed by atoms with Gasteiger partial charge in [-0.15, -0.1) is 0 Å². The van der Waals surface area contributed by atoms with Gasteiger partial charge in [0.25, 0.3) is 0 Å². The van der Waals surface area contributed by atoms with E-state index in [9.17, 15) is 10.2 Å². The number of aromatic hydroxyl groups is 2. The number of methoxy groups -OCH3 is 3. The summed E-state index contributed by atoms with van der Waals surface area (Å²) in [5, 5.41) is 20.4. The quantitative estimate of drug-likeness (QED) is 0.761. The molecule has 2 aromatic rings. The van der Waals surface area contributed by atoms with Crippen molar-refractivity contribution >= 4 is 5.71 Å². The van der Waals surface area contributed by atoms with E-state index in [1.807, 2.05) is 12.1 Å². The molecule has 2 aromatic carbocycles. The Bertz CT molecular complexity index is 889. The first-order chi connectivity index (χ1) is 13.0. The second-order valence-corrected chi connectivity index (χ2v) is 6.65. The molecular formula is C21H26NO5+. The highest BCUT2D eigenvalue weighted by molar-refractivity contribution is 5.99. The van der Waals surface area contributed by atoms with Crippen molar-refractivity contribution in [3.8, 4) is 28.7 Å². The third-order valence-corrected chi connectivity index (χ3v) is 5.06. The Morgan fingerprint density at radius 3 is 2.37 bits per heavy atom. The van der Waals surface area contributed by atoms with Gasteiger partial charge in [0.2, 0.25) is 5.75 Å². The van der Waals surface area contributed by atoms with Crippen LogP contribution in [-0.2, 0) is 12.8 Å². The number of benzene rings is 2. The fourth-order valence-corrected chi connectivity index (χ4v) is 3.61. The first-order valence-corrected chi connectivity index (χ1v) is 8.89. The Kier molecular flexibility index (Phi) is 5.44. The smallest absolute Gasteiger partial charge is 0.203 e. The van der Waals surface area contributed by atoms with E-state index in [-0.39, 0.29) is 11.5 Å². The van der Waals surface area contributed by atoms with E-state index in [2.05, 4.69) is 11.6 Å². The SMILES string of the molecule is COc1cc2c(cc1O)C([14CH2]Cc1cc(O)c(OC)c(OC)c1)=[N+](C)CC2.